The van der Waals surface area contributed by atoms with Gasteiger partial charge in [0.05, 0.1) is 11.0 Å². The Labute approximate surface area is 385 Å². The molecule has 0 amide bonds. The second-order valence-corrected chi connectivity index (χ2v) is 20.3. The first-order chi connectivity index (χ1) is 32.6. The van der Waals surface area contributed by atoms with Crippen molar-refractivity contribution < 1.29 is 0 Å². The molecular formula is C64H48N2. The Balaban J connectivity index is 0.822. The van der Waals surface area contributed by atoms with Gasteiger partial charge in [-0.1, -0.05) is 158 Å². The first-order valence-corrected chi connectivity index (χ1v) is 24.2. The number of anilines is 3. The highest BCUT2D eigenvalue weighted by Gasteiger charge is 2.76. The van der Waals surface area contributed by atoms with Crippen molar-refractivity contribution in [1.82, 2.24) is 4.57 Å². The first kappa shape index (κ1) is 36.9. The molecule has 0 N–H and O–H groups in total. The second kappa shape index (κ2) is 13.6. The number of aromatic nitrogens is 1. The molecule has 0 radical (unpaired) electrons. The third-order valence-corrected chi connectivity index (χ3v) is 17.3. The van der Waals surface area contributed by atoms with E-state index in [1.807, 2.05) is 0 Å². The average molecular weight is 845 g/mol. The molecule has 5 aliphatic carbocycles. The van der Waals surface area contributed by atoms with E-state index in [2.05, 4.69) is 222 Å². The number of hydrogen-bond donors (Lipinski definition) is 0. The van der Waals surface area contributed by atoms with Gasteiger partial charge < -0.3 is 9.47 Å². The summed E-state index contributed by atoms with van der Waals surface area (Å²) in [6.45, 7) is 0. The minimum atomic E-state index is 0.264. The summed E-state index contributed by atoms with van der Waals surface area (Å²) in [5.74, 6) is 2.83. The van der Waals surface area contributed by atoms with Crippen LogP contribution in [0, 0.1) is 23.2 Å². The Hall–Kier alpha value is -7.42. The zero-order valence-corrected chi connectivity index (χ0v) is 36.9. The van der Waals surface area contributed by atoms with Crippen LogP contribution in [0.15, 0.2) is 212 Å². The van der Waals surface area contributed by atoms with Crippen LogP contribution in [0.5, 0.6) is 0 Å². The van der Waals surface area contributed by atoms with Gasteiger partial charge in [0.1, 0.15) is 0 Å². The van der Waals surface area contributed by atoms with Crippen LogP contribution in [0.1, 0.15) is 37.7 Å². The molecule has 66 heavy (non-hydrogen) atoms. The molecule has 2 heteroatoms. The van der Waals surface area contributed by atoms with E-state index in [9.17, 15) is 0 Å². The van der Waals surface area contributed by atoms with Crippen LogP contribution in [-0.4, -0.2) is 4.57 Å². The summed E-state index contributed by atoms with van der Waals surface area (Å²) in [6, 6.07) is 79.7. The normalized spacial score (nSPS) is 22.5. The summed E-state index contributed by atoms with van der Waals surface area (Å²) in [5, 5.41) is 10.4. The molecule has 11 aromatic rings. The third-order valence-electron chi connectivity index (χ3n) is 17.3. The zero-order chi connectivity index (χ0) is 43.1. The van der Waals surface area contributed by atoms with Gasteiger partial charge >= 0.3 is 0 Å². The number of hydrogen-bond acceptors (Lipinski definition) is 1. The van der Waals surface area contributed by atoms with Crippen molar-refractivity contribution in [2.75, 3.05) is 4.90 Å². The number of fused-ring (bicyclic) bond motifs is 10. The van der Waals surface area contributed by atoms with E-state index in [1.54, 1.807) is 5.56 Å². The summed E-state index contributed by atoms with van der Waals surface area (Å²) in [4.78, 5) is 2.60. The van der Waals surface area contributed by atoms with Gasteiger partial charge in [-0.2, -0.15) is 0 Å². The molecule has 0 saturated heterocycles. The second-order valence-electron chi connectivity index (χ2n) is 20.3. The van der Waals surface area contributed by atoms with Crippen LogP contribution >= 0.6 is 0 Å². The minimum absolute atomic E-state index is 0.264. The zero-order valence-electron chi connectivity index (χ0n) is 36.9. The lowest BCUT2D eigenvalue weighted by Gasteiger charge is -2.45. The maximum atomic E-state index is 2.60. The smallest absolute Gasteiger partial charge is 0.0541 e. The van der Waals surface area contributed by atoms with Crippen molar-refractivity contribution in [3.8, 4) is 27.9 Å². The standard InChI is InChI=1S/C64H48N2/c1-2-16-52-50(14-1)51-15-3-4-17-53(51)57-36-49(32-33-54(52)57)65(62-23-10-7-20-58(62)63-38-46-34-45-37-64(46,40-63)59(45)39-63)47-30-28-42(29-31-47)41-24-26-43(27-25-41)44-12-11-13-48(35-44)66-60-21-8-5-18-55(60)56-19-6-9-22-61(56)66/h1-33,35-36,45-46,59H,34,37-40H2/t45?,46-,59+,63?,64?/m0/s1. The van der Waals surface area contributed by atoms with E-state index in [4.69, 9.17) is 0 Å². The molecule has 0 aliphatic heterocycles. The number of benzene rings is 10. The number of para-hydroxylation sites is 3. The molecule has 314 valence electrons. The maximum Gasteiger partial charge on any atom is 0.0541 e. The van der Waals surface area contributed by atoms with Crippen molar-refractivity contribution in [1.29, 1.82) is 0 Å². The van der Waals surface area contributed by atoms with Crippen LogP contribution in [0.3, 0.4) is 0 Å². The lowest BCUT2D eigenvalue weighted by Crippen LogP contribution is -2.38. The summed E-state index contributed by atoms with van der Waals surface area (Å²) < 4.78 is 2.40. The fraction of sp³-hybridized carbons (Fsp3) is 0.156. The van der Waals surface area contributed by atoms with Gasteiger partial charge in [0.2, 0.25) is 0 Å². The highest BCUT2D eigenvalue weighted by Crippen LogP contribution is 2.83. The molecular weight excluding hydrogens is 797 g/mol. The predicted octanol–water partition coefficient (Wildman–Crippen LogP) is 17.1. The summed E-state index contributed by atoms with van der Waals surface area (Å²) in [6.07, 6.45) is 7.07. The van der Waals surface area contributed by atoms with Crippen LogP contribution in [0.25, 0.3) is 82.1 Å². The van der Waals surface area contributed by atoms with E-state index < -0.39 is 0 Å². The van der Waals surface area contributed by atoms with Crippen molar-refractivity contribution in [3.05, 3.63) is 218 Å². The summed E-state index contributed by atoms with van der Waals surface area (Å²) in [5.41, 5.74) is 14.7. The van der Waals surface area contributed by atoms with Crippen LogP contribution in [-0.2, 0) is 5.41 Å². The molecule has 3 bridgehead atoms. The topological polar surface area (TPSA) is 8.17 Å². The van der Waals surface area contributed by atoms with Gasteiger partial charge in [0.15, 0.2) is 0 Å². The van der Waals surface area contributed by atoms with Crippen LogP contribution in [0.2, 0.25) is 0 Å². The van der Waals surface area contributed by atoms with Crippen LogP contribution < -0.4 is 4.90 Å². The monoisotopic (exact) mass is 844 g/mol. The molecule has 1 heterocycles. The molecule has 2 nitrogen and oxygen atoms in total. The average Bonchev–Trinajstić information content (AvgIpc) is 4.13. The molecule has 16 rings (SSSR count). The molecule has 5 atom stereocenters. The Morgan fingerprint density at radius 3 is 1.61 bits per heavy atom. The van der Waals surface area contributed by atoms with Gasteiger partial charge in [-0.15, -0.1) is 0 Å². The molecule has 5 aliphatic rings. The number of rotatable bonds is 7. The Morgan fingerprint density at radius 2 is 0.955 bits per heavy atom. The lowest BCUT2D eigenvalue weighted by molar-refractivity contribution is 0.0381. The minimum Gasteiger partial charge on any atom is -0.310 e. The lowest BCUT2D eigenvalue weighted by atomic mass is 9.59. The van der Waals surface area contributed by atoms with Crippen molar-refractivity contribution >= 4 is 71.2 Å². The van der Waals surface area contributed by atoms with Crippen molar-refractivity contribution in [3.63, 3.8) is 0 Å². The third kappa shape index (κ3) is 5.08. The van der Waals surface area contributed by atoms with E-state index in [0.717, 1.165) is 17.8 Å². The largest absolute Gasteiger partial charge is 0.310 e. The fourth-order valence-electron chi connectivity index (χ4n) is 14.7. The van der Waals surface area contributed by atoms with Gasteiger partial charge in [-0.3, -0.25) is 0 Å². The number of nitrogens with zero attached hydrogens (tertiary/aromatic N) is 2. The Bertz CT molecular complexity index is 3680. The van der Waals surface area contributed by atoms with Gasteiger partial charge in [-0.05, 0) is 175 Å². The highest BCUT2D eigenvalue weighted by atomic mass is 15.1. The predicted molar refractivity (Wildman–Crippen MR) is 277 cm³/mol. The fourth-order valence-corrected chi connectivity index (χ4v) is 14.7. The molecule has 1 aromatic heterocycles. The van der Waals surface area contributed by atoms with E-state index >= 15 is 0 Å². The Morgan fingerprint density at radius 1 is 0.409 bits per heavy atom. The van der Waals surface area contributed by atoms with Gasteiger partial charge in [0.25, 0.3) is 0 Å². The summed E-state index contributed by atoms with van der Waals surface area (Å²) in [7, 11) is 0. The quantitative estimate of drug-likeness (QED) is 0.145. The van der Waals surface area contributed by atoms with Gasteiger partial charge in [-0.25, -0.2) is 0 Å². The Kier molecular flexibility index (Phi) is 7.58. The van der Waals surface area contributed by atoms with E-state index in [1.165, 1.54) is 131 Å². The van der Waals surface area contributed by atoms with Crippen LogP contribution in [0.4, 0.5) is 17.1 Å². The van der Waals surface area contributed by atoms with Crippen molar-refractivity contribution in [2.45, 2.75) is 37.5 Å². The molecule has 3 unspecified atom stereocenters. The molecule has 5 saturated carbocycles. The SMILES string of the molecule is c1cc(-c2ccc(-c3ccc(N(c4ccc5c6ccccc6c6ccccc6c5c4)c4ccccc4C45C[C@@H]6CC7CC6(C4)[C@@H]7C5)cc3)cc2)cc(-n2c3ccccc3c3ccccc32)c1. The van der Waals surface area contributed by atoms with Gasteiger partial charge in [0, 0.05) is 33.5 Å². The summed E-state index contributed by atoms with van der Waals surface area (Å²) >= 11 is 0. The molecule has 5 fully saturated rings. The highest BCUT2D eigenvalue weighted by molar-refractivity contribution is 6.25. The van der Waals surface area contributed by atoms with Crippen molar-refractivity contribution in [2.24, 2.45) is 23.2 Å². The molecule has 10 aromatic carbocycles. The van der Waals surface area contributed by atoms with E-state index in [0.29, 0.717) is 5.41 Å². The first-order valence-electron chi connectivity index (χ1n) is 24.2. The maximum absolute atomic E-state index is 2.60. The molecule has 1 spiro atoms. The van der Waals surface area contributed by atoms with E-state index in [-0.39, 0.29) is 5.41 Å².